The lowest BCUT2D eigenvalue weighted by atomic mass is 10.1. The zero-order chi connectivity index (χ0) is 54.3. The molecule has 0 aromatic heterocycles. The van der Waals surface area contributed by atoms with E-state index in [4.69, 9.17) is 14.2 Å². The number of carbonyl (C=O) groups excluding carboxylic acids is 3. The van der Waals surface area contributed by atoms with Gasteiger partial charge in [-0.25, -0.2) is 0 Å². The van der Waals surface area contributed by atoms with E-state index in [0.717, 1.165) is 122 Å². The molecule has 0 amide bonds. The fourth-order valence-corrected chi connectivity index (χ4v) is 8.57. The van der Waals surface area contributed by atoms with Gasteiger partial charge in [0.25, 0.3) is 0 Å². The lowest BCUT2D eigenvalue weighted by molar-refractivity contribution is -0.167. The van der Waals surface area contributed by atoms with E-state index in [1.165, 1.54) is 128 Å². The van der Waals surface area contributed by atoms with Crippen molar-refractivity contribution in [3.05, 3.63) is 109 Å². The van der Waals surface area contributed by atoms with Crippen LogP contribution in [0.1, 0.15) is 290 Å². The molecule has 0 aromatic carbocycles. The molecule has 6 heteroatoms. The predicted molar refractivity (Wildman–Crippen MR) is 325 cm³/mol. The van der Waals surface area contributed by atoms with Crippen molar-refractivity contribution in [2.75, 3.05) is 13.2 Å². The van der Waals surface area contributed by atoms with Crippen LogP contribution in [0.2, 0.25) is 0 Å². The summed E-state index contributed by atoms with van der Waals surface area (Å²) in [5.41, 5.74) is 0. The minimum absolute atomic E-state index is 0.0796. The molecule has 0 rings (SSSR count). The van der Waals surface area contributed by atoms with Gasteiger partial charge in [0.1, 0.15) is 13.2 Å². The van der Waals surface area contributed by atoms with Gasteiger partial charge in [0.15, 0.2) is 6.10 Å². The van der Waals surface area contributed by atoms with Gasteiger partial charge in [-0.3, -0.25) is 14.4 Å². The Hall–Kier alpha value is -3.93. The van der Waals surface area contributed by atoms with Crippen molar-refractivity contribution in [2.24, 2.45) is 0 Å². The Morgan fingerprint density at radius 3 is 0.853 bits per heavy atom. The van der Waals surface area contributed by atoms with Crippen molar-refractivity contribution in [2.45, 2.75) is 297 Å². The molecule has 0 spiro atoms. The molecule has 0 saturated carbocycles. The van der Waals surface area contributed by atoms with Crippen LogP contribution in [-0.4, -0.2) is 37.2 Å². The summed E-state index contributed by atoms with van der Waals surface area (Å²) in [4.78, 5) is 38.1. The number of unbranched alkanes of at least 4 members (excludes halogenated alkanes) is 27. The van der Waals surface area contributed by atoms with Gasteiger partial charge < -0.3 is 14.2 Å². The highest BCUT2D eigenvalue weighted by atomic mass is 16.6. The first-order chi connectivity index (χ1) is 37.0. The fourth-order valence-electron chi connectivity index (χ4n) is 8.57. The number of rotatable bonds is 56. The van der Waals surface area contributed by atoms with E-state index in [1.807, 2.05) is 0 Å². The van der Waals surface area contributed by atoms with Crippen molar-refractivity contribution in [1.82, 2.24) is 0 Å². The van der Waals surface area contributed by atoms with Crippen LogP contribution in [0.4, 0.5) is 0 Å². The molecule has 0 radical (unpaired) electrons. The molecule has 1 unspecified atom stereocenters. The first-order valence-electron chi connectivity index (χ1n) is 31.4. The fraction of sp³-hybridized carbons (Fsp3) is 0.696. The van der Waals surface area contributed by atoms with Gasteiger partial charge in [0.05, 0.1) is 0 Å². The Balaban J connectivity index is 4.12. The highest BCUT2D eigenvalue weighted by molar-refractivity contribution is 5.71. The van der Waals surface area contributed by atoms with Gasteiger partial charge in [-0.2, -0.15) is 0 Å². The molecule has 0 aliphatic rings. The molecule has 0 heterocycles. The summed E-state index contributed by atoms with van der Waals surface area (Å²) >= 11 is 0. The van der Waals surface area contributed by atoms with Crippen LogP contribution in [0.5, 0.6) is 0 Å². The zero-order valence-corrected chi connectivity index (χ0v) is 49.0. The maximum Gasteiger partial charge on any atom is 0.306 e. The van der Waals surface area contributed by atoms with Gasteiger partial charge in [-0.1, -0.05) is 271 Å². The number of ether oxygens (including phenoxy) is 3. The number of allylic oxidation sites excluding steroid dienone is 18. The number of hydrogen-bond donors (Lipinski definition) is 0. The second-order valence-electron chi connectivity index (χ2n) is 20.6. The normalized spacial score (nSPS) is 12.8. The third-order valence-corrected chi connectivity index (χ3v) is 13.3. The Bertz CT molecular complexity index is 1520. The summed E-state index contributed by atoms with van der Waals surface area (Å²) in [6.07, 6.45) is 85.4. The molecule has 0 aromatic rings. The number of esters is 3. The summed E-state index contributed by atoms with van der Waals surface area (Å²) in [6, 6.07) is 0. The molecule has 75 heavy (non-hydrogen) atoms. The van der Waals surface area contributed by atoms with Crippen molar-refractivity contribution >= 4 is 17.9 Å². The lowest BCUT2D eigenvalue weighted by Gasteiger charge is -2.18. The minimum Gasteiger partial charge on any atom is -0.462 e. The quantitative estimate of drug-likeness (QED) is 0.0261. The largest absolute Gasteiger partial charge is 0.462 e. The molecule has 0 aliphatic heterocycles. The standard InChI is InChI=1S/C69H116O6/c1-4-7-10-13-16-19-22-24-25-26-27-28-29-30-31-32-33-34-35-36-37-38-39-40-41-42-43-44-45-46-48-50-53-56-59-62-68(71)74-65-66(64-73-67(70)61-58-55-52-49-21-18-15-12-9-6-3)75-69(72)63-60-57-54-51-47-23-20-17-14-11-8-5-2/h7,10,16-17,19-20,24-25,27-28,30-31,33-34,36-37,39-40,66H,4-6,8-9,11-15,18,21-23,26,29,32,35,38,41-65H2,1-3H3/b10-7-,19-16-,20-17-,25-24-,28-27-,31-30-,34-33-,37-36-,40-39-. The van der Waals surface area contributed by atoms with Gasteiger partial charge in [-0.15, -0.1) is 0 Å². The maximum atomic E-state index is 12.8. The smallest absolute Gasteiger partial charge is 0.306 e. The first kappa shape index (κ1) is 71.1. The third kappa shape index (κ3) is 60.8. The Kier molecular flexibility index (Phi) is 59.3. The van der Waals surface area contributed by atoms with Gasteiger partial charge in [-0.05, 0) is 109 Å². The van der Waals surface area contributed by atoms with E-state index < -0.39 is 6.10 Å². The van der Waals surface area contributed by atoms with Crippen LogP contribution < -0.4 is 0 Å². The molecule has 0 bridgehead atoms. The average Bonchev–Trinajstić information content (AvgIpc) is 3.41. The minimum atomic E-state index is -0.781. The van der Waals surface area contributed by atoms with Gasteiger partial charge in [0.2, 0.25) is 0 Å². The monoisotopic (exact) mass is 1040 g/mol. The molecule has 0 saturated heterocycles. The topological polar surface area (TPSA) is 78.9 Å². The van der Waals surface area contributed by atoms with Crippen LogP contribution in [0, 0.1) is 0 Å². The number of carbonyl (C=O) groups is 3. The Morgan fingerprint density at radius 1 is 0.280 bits per heavy atom. The number of hydrogen-bond acceptors (Lipinski definition) is 6. The van der Waals surface area contributed by atoms with Crippen LogP contribution in [0.15, 0.2) is 109 Å². The lowest BCUT2D eigenvalue weighted by Crippen LogP contribution is -2.30. The van der Waals surface area contributed by atoms with Crippen molar-refractivity contribution in [3.63, 3.8) is 0 Å². The van der Waals surface area contributed by atoms with Crippen LogP contribution in [0.3, 0.4) is 0 Å². The van der Waals surface area contributed by atoms with Gasteiger partial charge in [0, 0.05) is 19.3 Å². The molecule has 0 N–H and O–H groups in total. The molecular formula is C69H116O6. The van der Waals surface area contributed by atoms with E-state index in [1.54, 1.807) is 0 Å². The molecule has 0 fully saturated rings. The van der Waals surface area contributed by atoms with E-state index >= 15 is 0 Å². The molecule has 428 valence electrons. The average molecular weight is 1040 g/mol. The maximum absolute atomic E-state index is 12.8. The summed E-state index contributed by atoms with van der Waals surface area (Å²) in [5, 5.41) is 0. The van der Waals surface area contributed by atoms with Crippen LogP contribution >= 0.6 is 0 Å². The summed E-state index contributed by atoms with van der Waals surface area (Å²) < 4.78 is 16.8. The van der Waals surface area contributed by atoms with E-state index in [9.17, 15) is 14.4 Å². The van der Waals surface area contributed by atoms with Gasteiger partial charge >= 0.3 is 17.9 Å². The van der Waals surface area contributed by atoms with Crippen LogP contribution in [-0.2, 0) is 28.6 Å². The second kappa shape index (κ2) is 62.6. The highest BCUT2D eigenvalue weighted by Gasteiger charge is 2.19. The SMILES string of the molecule is CC/C=C\C/C=C\C/C=C\C/C=C\C/C=C\C/C=C\C/C=C\C/C=C\CCCCCCCCCCCCC(=O)OCC(COC(=O)CCCCCCCCCCCC)OC(=O)CCCCCCC/C=C\CCCCC. The second-order valence-corrected chi connectivity index (χ2v) is 20.6. The zero-order valence-electron chi connectivity index (χ0n) is 49.0. The third-order valence-electron chi connectivity index (χ3n) is 13.3. The van der Waals surface area contributed by atoms with Crippen molar-refractivity contribution in [1.29, 1.82) is 0 Å². The van der Waals surface area contributed by atoms with E-state index in [0.29, 0.717) is 19.3 Å². The van der Waals surface area contributed by atoms with E-state index in [-0.39, 0.29) is 31.1 Å². The Morgan fingerprint density at radius 2 is 0.520 bits per heavy atom. The highest BCUT2D eigenvalue weighted by Crippen LogP contribution is 2.15. The molecule has 6 nitrogen and oxygen atoms in total. The Labute approximate surface area is 463 Å². The van der Waals surface area contributed by atoms with E-state index in [2.05, 4.69) is 130 Å². The molecule has 0 aliphatic carbocycles. The molecular weight excluding hydrogens is 925 g/mol. The summed E-state index contributed by atoms with van der Waals surface area (Å²) in [7, 11) is 0. The predicted octanol–water partition coefficient (Wildman–Crippen LogP) is 21.4. The van der Waals surface area contributed by atoms with Crippen molar-refractivity contribution in [3.8, 4) is 0 Å². The first-order valence-corrected chi connectivity index (χ1v) is 31.4. The summed E-state index contributed by atoms with van der Waals surface area (Å²) in [6.45, 7) is 6.48. The summed E-state index contributed by atoms with van der Waals surface area (Å²) in [5.74, 6) is -0.891. The molecule has 1 atom stereocenters. The van der Waals surface area contributed by atoms with Crippen LogP contribution in [0.25, 0.3) is 0 Å². The van der Waals surface area contributed by atoms with Crippen molar-refractivity contribution < 1.29 is 28.6 Å².